The van der Waals surface area contributed by atoms with Crippen molar-refractivity contribution < 1.29 is 14.3 Å². The highest BCUT2D eigenvalue weighted by Gasteiger charge is 2.35. The zero-order valence-electron chi connectivity index (χ0n) is 23.5. The number of thiazole rings is 1. The molecule has 0 bridgehead atoms. The van der Waals surface area contributed by atoms with E-state index >= 15 is 0 Å². The van der Waals surface area contributed by atoms with Gasteiger partial charge in [-0.3, -0.25) is 9.36 Å². The highest BCUT2D eigenvalue weighted by atomic mass is 79.9. The molecule has 1 atom stereocenters. The van der Waals surface area contributed by atoms with Crippen LogP contribution >= 0.6 is 38.9 Å². The van der Waals surface area contributed by atoms with Crippen molar-refractivity contribution in [2.24, 2.45) is 4.99 Å². The van der Waals surface area contributed by atoms with Crippen LogP contribution in [0.25, 0.3) is 11.8 Å². The fraction of sp³-hybridized carbons (Fsp3) is 0.258. The molecule has 212 valence electrons. The molecule has 0 saturated carbocycles. The van der Waals surface area contributed by atoms with Crippen LogP contribution in [0.4, 0.5) is 0 Å². The van der Waals surface area contributed by atoms with Gasteiger partial charge in [0.25, 0.3) is 5.56 Å². The van der Waals surface area contributed by atoms with E-state index in [2.05, 4.69) is 20.5 Å². The number of carbonyl (C=O) groups excluding carboxylic acids is 1. The van der Waals surface area contributed by atoms with E-state index < -0.39 is 12.0 Å². The molecule has 0 unspecified atom stereocenters. The van der Waals surface area contributed by atoms with Gasteiger partial charge in [-0.15, -0.1) is 0 Å². The van der Waals surface area contributed by atoms with E-state index in [0.29, 0.717) is 36.9 Å². The number of fused-ring (bicyclic) bond motifs is 1. The van der Waals surface area contributed by atoms with E-state index in [1.807, 2.05) is 68.5 Å². The molecule has 0 spiro atoms. The van der Waals surface area contributed by atoms with Crippen LogP contribution in [0.15, 0.2) is 74.1 Å². The van der Waals surface area contributed by atoms with Crippen molar-refractivity contribution in [3.63, 3.8) is 0 Å². The minimum absolute atomic E-state index is 0.251. The zero-order chi connectivity index (χ0) is 29.6. The average Bonchev–Trinajstić information content (AvgIpc) is 3.37. The first-order valence-corrected chi connectivity index (χ1v) is 15.0. The molecular formula is C31H29BrClN3O4S. The van der Waals surface area contributed by atoms with Gasteiger partial charge in [-0.2, -0.15) is 0 Å². The molecule has 0 N–H and O–H groups in total. The molecule has 1 aliphatic heterocycles. The maximum absolute atomic E-state index is 14.1. The highest BCUT2D eigenvalue weighted by Crippen LogP contribution is 2.37. The number of allylic oxidation sites excluding steroid dienone is 1. The Morgan fingerprint density at radius 1 is 1.12 bits per heavy atom. The second-order valence-corrected chi connectivity index (χ2v) is 12.4. The third-order valence-electron chi connectivity index (χ3n) is 6.91. The van der Waals surface area contributed by atoms with Crippen LogP contribution in [0, 0.1) is 13.8 Å². The minimum Gasteiger partial charge on any atom is -0.496 e. The Balaban J connectivity index is 1.72. The molecule has 2 aromatic heterocycles. The van der Waals surface area contributed by atoms with Gasteiger partial charge < -0.3 is 14.0 Å². The van der Waals surface area contributed by atoms with Gasteiger partial charge in [0, 0.05) is 32.1 Å². The van der Waals surface area contributed by atoms with Crippen LogP contribution in [0.3, 0.4) is 0 Å². The predicted octanol–water partition coefficient (Wildman–Crippen LogP) is 6.02. The Morgan fingerprint density at radius 3 is 2.49 bits per heavy atom. The summed E-state index contributed by atoms with van der Waals surface area (Å²) < 4.78 is 16.3. The molecule has 0 amide bonds. The van der Waals surface area contributed by atoms with Crippen molar-refractivity contribution in [1.29, 1.82) is 0 Å². The Labute approximate surface area is 255 Å². The van der Waals surface area contributed by atoms with E-state index in [9.17, 15) is 9.59 Å². The van der Waals surface area contributed by atoms with Crippen LogP contribution in [0.2, 0.25) is 5.02 Å². The molecule has 4 aromatic rings. The van der Waals surface area contributed by atoms with Gasteiger partial charge in [0.15, 0.2) is 4.80 Å². The lowest BCUT2D eigenvalue weighted by Gasteiger charge is -2.26. The van der Waals surface area contributed by atoms with Crippen molar-refractivity contribution in [3.8, 4) is 11.4 Å². The van der Waals surface area contributed by atoms with Gasteiger partial charge in [0.05, 0.1) is 29.0 Å². The molecule has 1 aliphatic rings. The number of hydrogen-bond donors (Lipinski definition) is 0. The van der Waals surface area contributed by atoms with E-state index in [1.165, 1.54) is 11.3 Å². The molecule has 3 heterocycles. The SMILES string of the molecule is COc1ccc(Br)cc1[C@@H]1C(C(=O)OC(C)C)=C(C)N=c2s/c(=C\c3cc(C)n(-c4ccc(Cl)cc4)c3C)c(=O)n21. The number of carbonyl (C=O) groups is 1. The third-order valence-corrected chi connectivity index (χ3v) is 8.64. The van der Waals surface area contributed by atoms with Crippen molar-refractivity contribution in [2.45, 2.75) is 46.8 Å². The van der Waals surface area contributed by atoms with Crippen LogP contribution in [-0.2, 0) is 9.53 Å². The predicted molar refractivity (Wildman–Crippen MR) is 166 cm³/mol. The average molecular weight is 655 g/mol. The summed E-state index contributed by atoms with van der Waals surface area (Å²) in [6.07, 6.45) is 1.55. The van der Waals surface area contributed by atoms with Crippen LogP contribution in [0.5, 0.6) is 5.75 Å². The van der Waals surface area contributed by atoms with Gasteiger partial charge in [0.1, 0.15) is 11.8 Å². The van der Waals surface area contributed by atoms with E-state index in [0.717, 1.165) is 27.1 Å². The fourth-order valence-electron chi connectivity index (χ4n) is 5.14. The Morgan fingerprint density at radius 2 is 1.83 bits per heavy atom. The number of methoxy groups -OCH3 is 1. The summed E-state index contributed by atoms with van der Waals surface area (Å²) in [6, 6.07) is 14.4. The van der Waals surface area contributed by atoms with Crippen molar-refractivity contribution in [2.75, 3.05) is 7.11 Å². The Kier molecular flexibility index (Phi) is 8.14. The first kappa shape index (κ1) is 29.1. The van der Waals surface area contributed by atoms with Crippen LogP contribution in [-0.4, -0.2) is 28.3 Å². The summed E-state index contributed by atoms with van der Waals surface area (Å²) in [7, 11) is 1.57. The highest BCUT2D eigenvalue weighted by molar-refractivity contribution is 9.10. The molecule has 10 heteroatoms. The topological polar surface area (TPSA) is 74.8 Å². The monoisotopic (exact) mass is 653 g/mol. The van der Waals surface area contributed by atoms with Gasteiger partial charge in [-0.05, 0) is 94.8 Å². The largest absolute Gasteiger partial charge is 0.496 e. The lowest BCUT2D eigenvalue weighted by Crippen LogP contribution is -2.40. The molecule has 5 rings (SSSR count). The fourth-order valence-corrected chi connectivity index (χ4v) is 6.68. The summed E-state index contributed by atoms with van der Waals surface area (Å²) in [6.45, 7) is 9.39. The molecule has 41 heavy (non-hydrogen) atoms. The summed E-state index contributed by atoms with van der Waals surface area (Å²) in [4.78, 5) is 32.8. The number of benzene rings is 2. The minimum atomic E-state index is -0.784. The summed E-state index contributed by atoms with van der Waals surface area (Å²) >= 11 is 10.9. The van der Waals surface area contributed by atoms with Crippen LogP contribution in [0.1, 0.15) is 49.3 Å². The standard InChI is InChI=1S/C31H29BrClN3O4S/c1-16(2)40-30(38)27-18(4)34-31-36(28(27)24-15-21(32)7-12-25(24)39-6)29(37)26(41-31)14-20-13-17(3)35(19(20)5)23-10-8-22(33)9-11-23/h7-16,28H,1-6H3/b26-14-/t28-/m1/s1. The zero-order valence-corrected chi connectivity index (χ0v) is 26.6. The third kappa shape index (κ3) is 5.46. The molecule has 0 aliphatic carbocycles. The molecule has 0 saturated heterocycles. The number of rotatable bonds is 6. The van der Waals surface area contributed by atoms with Gasteiger partial charge in [-0.25, -0.2) is 9.79 Å². The summed E-state index contributed by atoms with van der Waals surface area (Å²) in [5.41, 5.74) is 5.10. The number of aromatic nitrogens is 2. The van der Waals surface area contributed by atoms with Gasteiger partial charge >= 0.3 is 5.97 Å². The number of aryl methyl sites for hydroxylation is 1. The molecule has 7 nitrogen and oxygen atoms in total. The smallest absolute Gasteiger partial charge is 0.338 e. The van der Waals surface area contributed by atoms with Crippen LogP contribution < -0.4 is 19.6 Å². The first-order chi connectivity index (χ1) is 19.5. The Hall–Kier alpha value is -3.40. The maximum Gasteiger partial charge on any atom is 0.338 e. The van der Waals surface area contributed by atoms with Crippen molar-refractivity contribution in [1.82, 2.24) is 9.13 Å². The quantitative estimate of drug-likeness (QED) is 0.239. The molecule has 0 fully saturated rings. The summed E-state index contributed by atoms with van der Waals surface area (Å²) in [5, 5.41) is 0.668. The molecule has 0 radical (unpaired) electrons. The number of esters is 1. The van der Waals surface area contributed by atoms with Gasteiger partial charge in [0.2, 0.25) is 0 Å². The number of ether oxygens (including phenoxy) is 2. The number of hydrogen-bond acceptors (Lipinski definition) is 6. The lowest BCUT2D eigenvalue weighted by molar-refractivity contribution is -0.143. The van der Waals surface area contributed by atoms with Crippen molar-refractivity contribution >= 4 is 50.9 Å². The second-order valence-electron chi connectivity index (χ2n) is 10.1. The van der Waals surface area contributed by atoms with Crippen molar-refractivity contribution in [3.05, 3.63) is 111 Å². The molecule has 2 aromatic carbocycles. The maximum atomic E-state index is 14.1. The van der Waals surface area contributed by atoms with E-state index in [1.54, 1.807) is 32.4 Å². The lowest BCUT2D eigenvalue weighted by atomic mass is 9.95. The summed E-state index contributed by atoms with van der Waals surface area (Å²) in [5.74, 6) is 0.0258. The first-order valence-electron chi connectivity index (χ1n) is 13.0. The van der Waals surface area contributed by atoms with E-state index in [4.69, 9.17) is 26.1 Å². The number of halogens is 2. The van der Waals surface area contributed by atoms with E-state index in [-0.39, 0.29) is 11.7 Å². The van der Waals surface area contributed by atoms with Gasteiger partial charge in [-0.1, -0.05) is 38.9 Å². The molecular weight excluding hydrogens is 626 g/mol. The Bertz CT molecular complexity index is 1880. The normalized spacial score (nSPS) is 15.2. The second kappa shape index (κ2) is 11.5. The number of nitrogens with zero attached hydrogens (tertiary/aromatic N) is 3.